The zero-order valence-corrected chi connectivity index (χ0v) is 10.3. The van der Waals surface area contributed by atoms with Gasteiger partial charge in [-0.25, -0.2) is 13.1 Å². The summed E-state index contributed by atoms with van der Waals surface area (Å²) in [5.74, 6) is -0.183. The zero-order valence-electron chi connectivity index (χ0n) is 9.51. The molecule has 1 rings (SSSR count). The van der Waals surface area contributed by atoms with Crippen LogP contribution >= 0.6 is 0 Å². The van der Waals surface area contributed by atoms with E-state index in [9.17, 15) is 8.42 Å². The van der Waals surface area contributed by atoms with Crippen LogP contribution in [-0.4, -0.2) is 35.7 Å². The molecule has 5 N–H and O–H groups in total. The van der Waals surface area contributed by atoms with E-state index in [-0.39, 0.29) is 10.7 Å². The van der Waals surface area contributed by atoms with Crippen molar-refractivity contribution in [2.24, 2.45) is 10.9 Å². The van der Waals surface area contributed by atoms with Gasteiger partial charge in [0.1, 0.15) is 4.90 Å². The molecule has 0 spiro atoms. The van der Waals surface area contributed by atoms with E-state index < -0.39 is 16.1 Å². The van der Waals surface area contributed by atoms with Crippen molar-refractivity contribution in [2.75, 3.05) is 0 Å². The summed E-state index contributed by atoms with van der Waals surface area (Å²) in [6.45, 7) is 3.31. The Balaban J connectivity index is 2.98. The van der Waals surface area contributed by atoms with E-state index in [1.54, 1.807) is 13.8 Å². The predicted molar refractivity (Wildman–Crippen MR) is 61.1 cm³/mol. The lowest BCUT2D eigenvalue weighted by molar-refractivity contribution is 0.315. The maximum atomic E-state index is 11.9. The number of amidine groups is 1. The standard InChI is InChI=1S/C8H15N5O3S/c1-3-6(8(9)12-14)13-17(15,16)7-4-10-11-5(7)2/h4,6,13-14H,3H2,1-2H3,(H2,9,12)(H,10,11). The number of aromatic nitrogens is 2. The highest BCUT2D eigenvalue weighted by atomic mass is 32.2. The molecule has 1 aromatic heterocycles. The summed E-state index contributed by atoms with van der Waals surface area (Å²) < 4.78 is 26.2. The van der Waals surface area contributed by atoms with E-state index in [2.05, 4.69) is 20.1 Å². The van der Waals surface area contributed by atoms with Gasteiger partial charge in [0.2, 0.25) is 10.0 Å². The van der Waals surface area contributed by atoms with Crippen LogP contribution in [0.5, 0.6) is 0 Å². The Morgan fingerprint density at radius 1 is 1.76 bits per heavy atom. The van der Waals surface area contributed by atoms with Gasteiger partial charge in [-0.05, 0) is 13.3 Å². The second-order valence-electron chi connectivity index (χ2n) is 3.47. The zero-order chi connectivity index (χ0) is 13.1. The van der Waals surface area contributed by atoms with E-state index in [0.29, 0.717) is 12.1 Å². The van der Waals surface area contributed by atoms with E-state index in [0.717, 1.165) is 0 Å². The highest BCUT2D eigenvalue weighted by molar-refractivity contribution is 7.89. The minimum atomic E-state index is -3.73. The Bertz CT molecular complexity index is 507. The third-order valence-electron chi connectivity index (χ3n) is 2.25. The smallest absolute Gasteiger partial charge is 0.244 e. The fourth-order valence-corrected chi connectivity index (χ4v) is 2.71. The molecule has 0 aliphatic rings. The Hall–Kier alpha value is -1.61. The molecule has 0 saturated heterocycles. The first kappa shape index (κ1) is 13.5. The molecule has 96 valence electrons. The summed E-state index contributed by atoms with van der Waals surface area (Å²) in [5, 5.41) is 17.5. The first-order valence-corrected chi connectivity index (χ1v) is 6.40. The molecule has 1 unspecified atom stereocenters. The van der Waals surface area contributed by atoms with Gasteiger partial charge < -0.3 is 10.9 Å². The molecule has 1 aromatic rings. The molecule has 0 aliphatic heterocycles. The first-order valence-electron chi connectivity index (χ1n) is 4.92. The number of oxime groups is 1. The SMILES string of the molecule is CCC(NS(=O)(=O)c1cn[nH]c1C)/C(N)=N/O. The molecule has 0 aromatic carbocycles. The number of hydrogen-bond donors (Lipinski definition) is 4. The van der Waals surface area contributed by atoms with Crippen molar-refractivity contribution >= 4 is 15.9 Å². The molecule has 0 radical (unpaired) electrons. The molecular weight excluding hydrogens is 246 g/mol. The van der Waals surface area contributed by atoms with Crippen molar-refractivity contribution < 1.29 is 13.6 Å². The van der Waals surface area contributed by atoms with Gasteiger partial charge in [-0.1, -0.05) is 12.1 Å². The number of nitrogens with zero attached hydrogens (tertiary/aromatic N) is 2. The second-order valence-corrected chi connectivity index (χ2v) is 5.15. The van der Waals surface area contributed by atoms with E-state index >= 15 is 0 Å². The van der Waals surface area contributed by atoms with Crippen LogP contribution in [0, 0.1) is 6.92 Å². The Labute approximate surface area is 98.9 Å². The van der Waals surface area contributed by atoms with Gasteiger partial charge in [-0.2, -0.15) is 5.10 Å². The summed E-state index contributed by atoms with van der Waals surface area (Å²) in [4.78, 5) is 0.0432. The van der Waals surface area contributed by atoms with Crippen molar-refractivity contribution in [1.29, 1.82) is 0 Å². The summed E-state index contributed by atoms with van der Waals surface area (Å²) in [6.07, 6.45) is 1.57. The molecule has 0 fully saturated rings. The van der Waals surface area contributed by atoms with Gasteiger partial charge in [0, 0.05) is 0 Å². The van der Waals surface area contributed by atoms with Gasteiger partial charge in [-0.3, -0.25) is 5.10 Å². The molecule has 9 heteroatoms. The Morgan fingerprint density at radius 2 is 2.41 bits per heavy atom. The average Bonchev–Trinajstić information content (AvgIpc) is 2.72. The Kier molecular flexibility index (Phi) is 4.07. The van der Waals surface area contributed by atoms with Gasteiger partial charge in [-0.15, -0.1) is 0 Å². The topological polar surface area (TPSA) is 133 Å². The number of H-pyrrole nitrogens is 1. The van der Waals surface area contributed by atoms with Gasteiger partial charge >= 0.3 is 0 Å². The molecule has 1 atom stereocenters. The second kappa shape index (κ2) is 5.15. The Morgan fingerprint density at radius 3 is 2.82 bits per heavy atom. The van der Waals surface area contributed by atoms with Gasteiger partial charge in [0.05, 0.1) is 17.9 Å². The molecule has 17 heavy (non-hydrogen) atoms. The van der Waals surface area contributed by atoms with Crippen molar-refractivity contribution in [2.45, 2.75) is 31.2 Å². The molecule has 0 saturated carbocycles. The van der Waals surface area contributed by atoms with Crippen molar-refractivity contribution in [3.05, 3.63) is 11.9 Å². The highest BCUT2D eigenvalue weighted by Gasteiger charge is 2.24. The van der Waals surface area contributed by atoms with Crippen LogP contribution in [0.2, 0.25) is 0 Å². The van der Waals surface area contributed by atoms with Gasteiger partial charge in [0.15, 0.2) is 5.84 Å². The summed E-state index contributed by atoms with van der Waals surface area (Å²) in [5.41, 5.74) is 5.80. The van der Waals surface area contributed by atoms with Crippen LogP contribution in [-0.2, 0) is 10.0 Å². The quantitative estimate of drug-likeness (QED) is 0.246. The van der Waals surface area contributed by atoms with E-state index in [1.807, 2.05) is 0 Å². The summed E-state index contributed by atoms with van der Waals surface area (Å²) in [7, 11) is -3.73. The van der Waals surface area contributed by atoms with Gasteiger partial charge in [0.25, 0.3) is 0 Å². The number of rotatable bonds is 5. The highest BCUT2D eigenvalue weighted by Crippen LogP contribution is 2.11. The molecule has 8 nitrogen and oxygen atoms in total. The molecular formula is C8H15N5O3S. The first-order chi connectivity index (χ1) is 7.92. The van der Waals surface area contributed by atoms with Crippen LogP contribution in [0.3, 0.4) is 0 Å². The van der Waals surface area contributed by atoms with Crippen LogP contribution in [0.1, 0.15) is 19.0 Å². The minimum absolute atomic E-state index is 0.0432. The van der Waals surface area contributed by atoms with Crippen molar-refractivity contribution in [3.8, 4) is 0 Å². The fourth-order valence-electron chi connectivity index (χ4n) is 1.28. The minimum Gasteiger partial charge on any atom is -0.409 e. The normalized spacial score (nSPS) is 14.8. The number of sulfonamides is 1. The molecule has 0 aliphatic carbocycles. The summed E-state index contributed by atoms with van der Waals surface area (Å²) >= 11 is 0. The maximum Gasteiger partial charge on any atom is 0.244 e. The summed E-state index contributed by atoms with van der Waals surface area (Å²) in [6, 6.07) is -0.751. The molecule has 0 bridgehead atoms. The monoisotopic (exact) mass is 261 g/mol. The van der Waals surface area contributed by atoms with E-state index in [1.165, 1.54) is 6.20 Å². The third-order valence-corrected chi connectivity index (χ3v) is 3.84. The van der Waals surface area contributed by atoms with Crippen LogP contribution in [0.4, 0.5) is 0 Å². The molecule has 0 amide bonds. The average molecular weight is 261 g/mol. The lowest BCUT2D eigenvalue weighted by Gasteiger charge is -2.14. The predicted octanol–water partition coefficient (Wildman–Crippen LogP) is -0.479. The lowest BCUT2D eigenvalue weighted by Crippen LogP contribution is -2.44. The number of nitrogens with two attached hydrogens (primary N) is 1. The number of aryl methyl sites for hydroxylation is 1. The van der Waals surface area contributed by atoms with Crippen LogP contribution < -0.4 is 10.5 Å². The van der Waals surface area contributed by atoms with Crippen LogP contribution in [0.25, 0.3) is 0 Å². The largest absolute Gasteiger partial charge is 0.409 e. The van der Waals surface area contributed by atoms with Crippen molar-refractivity contribution in [1.82, 2.24) is 14.9 Å². The number of hydrogen-bond acceptors (Lipinski definition) is 5. The number of aromatic amines is 1. The van der Waals surface area contributed by atoms with Crippen molar-refractivity contribution in [3.63, 3.8) is 0 Å². The van der Waals surface area contributed by atoms with Crippen LogP contribution in [0.15, 0.2) is 16.2 Å². The number of nitrogens with one attached hydrogen (secondary N) is 2. The third kappa shape index (κ3) is 2.94. The fraction of sp³-hybridized carbons (Fsp3) is 0.500. The maximum absolute atomic E-state index is 11.9. The molecule has 1 heterocycles. The lowest BCUT2D eigenvalue weighted by atomic mass is 10.2. The van der Waals surface area contributed by atoms with E-state index in [4.69, 9.17) is 10.9 Å².